The van der Waals surface area contributed by atoms with E-state index in [-0.39, 0.29) is 17.5 Å². The molecule has 154 valence electrons. The van der Waals surface area contributed by atoms with Crippen LogP contribution in [0.15, 0.2) is 77.7 Å². The fourth-order valence-electron chi connectivity index (χ4n) is 3.99. The molecule has 0 N–H and O–H groups in total. The Bertz CT molecular complexity index is 1290. The van der Waals surface area contributed by atoms with Crippen molar-refractivity contribution in [1.82, 2.24) is 24.6 Å². The number of rotatable bonds is 3. The van der Waals surface area contributed by atoms with Gasteiger partial charge in [0.2, 0.25) is 0 Å². The zero-order valence-corrected chi connectivity index (χ0v) is 16.9. The van der Waals surface area contributed by atoms with Gasteiger partial charge in [-0.3, -0.25) is 14.6 Å². The third-order valence-electron chi connectivity index (χ3n) is 5.66. The molecular weight excluding hydrogens is 390 g/mol. The monoisotopic (exact) mass is 411 g/mol. The van der Waals surface area contributed by atoms with Crippen LogP contribution in [0.5, 0.6) is 0 Å². The van der Waals surface area contributed by atoms with Crippen molar-refractivity contribution in [3.05, 3.63) is 89.0 Å². The first-order valence-corrected chi connectivity index (χ1v) is 10.4. The van der Waals surface area contributed by atoms with E-state index in [2.05, 4.69) is 15.1 Å². The van der Waals surface area contributed by atoms with Gasteiger partial charge in [-0.2, -0.15) is 5.10 Å². The van der Waals surface area contributed by atoms with Crippen LogP contribution in [0.4, 0.5) is 0 Å². The fraction of sp³-hybridized carbons (Fsp3) is 0.208. The number of benzene rings is 2. The van der Waals surface area contributed by atoms with Crippen LogP contribution in [-0.4, -0.2) is 43.6 Å². The highest BCUT2D eigenvalue weighted by Crippen LogP contribution is 2.23. The van der Waals surface area contributed by atoms with Gasteiger partial charge < -0.3 is 4.90 Å². The molecule has 3 heterocycles. The predicted molar refractivity (Wildman–Crippen MR) is 118 cm³/mol. The lowest BCUT2D eigenvalue weighted by Crippen LogP contribution is -2.41. The van der Waals surface area contributed by atoms with E-state index in [0.29, 0.717) is 37.1 Å². The molecule has 0 radical (unpaired) electrons. The number of amides is 1. The van der Waals surface area contributed by atoms with Crippen LogP contribution < -0.4 is 5.56 Å². The third kappa shape index (κ3) is 3.82. The molecular formula is C24H21N5O2. The Morgan fingerprint density at radius 3 is 2.35 bits per heavy atom. The van der Waals surface area contributed by atoms with Crippen molar-refractivity contribution < 1.29 is 4.79 Å². The highest BCUT2D eigenvalue weighted by atomic mass is 16.2. The van der Waals surface area contributed by atoms with Crippen LogP contribution in [0, 0.1) is 0 Å². The molecule has 0 aliphatic carbocycles. The van der Waals surface area contributed by atoms with Crippen molar-refractivity contribution >= 4 is 16.9 Å². The van der Waals surface area contributed by atoms with Crippen LogP contribution >= 0.6 is 0 Å². The van der Waals surface area contributed by atoms with Gasteiger partial charge in [-0.25, -0.2) is 9.67 Å². The van der Waals surface area contributed by atoms with E-state index >= 15 is 0 Å². The Morgan fingerprint density at radius 1 is 0.871 bits per heavy atom. The number of hydrogen-bond donors (Lipinski definition) is 0. The van der Waals surface area contributed by atoms with Crippen LogP contribution in [0.1, 0.15) is 29.4 Å². The van der Waals surface area contributed by atoms with Crippen molar-refractivity contribution in [2.75, 3.05) is 13.1 Å². The van der Waals surface area contributed by atoms with E-state index in [1.165, 1.54) is 6.20 Å². The summed E-state index contributed by atoms with van der Waals surface area (Å²) in [6.07, 6.45) is 2.86. The molecule has 7 nitrogen and oxygen atoms in total. The molecule has 2 aromatic heterocycles. The maximum atomic E-state index is 12.9. The van der Waals surface area contributed by atoms with Gasteiger partial charge in [0.1, 0.15) is 5.69 Å². The third-order valence-corrected chi connectivity index (χ3v) is 5.66. The molecule has 0 spiro atoms. The van der Waals surface area contributed by atoms with Crippen LogP contribution in [0.2, 0.25) is 0 Å². The molecule has 0 bridgehead atoms. The molecule has 2 aromatic carbocycles. The topological polar surface area (TPSA) is 81.0 Å². The lowest BCUT2D eigenvalue weighted by molar-refractivity contribution is 0.0682. The number of carbonyl (C=O) groups is 1. The summed E-state index contributed by atoms with van der Waals surface area (Å²) in [6, 6.07) is 20.6. The first kappa shape index (κ1) is 19.1. The normalized spacial score (nSPS) is 14.6. The average Bonchev–Trinajstić information content (AvgIpc) is 2.84. The molecule has 1 aliphatic heterocycles. The lowest BCUT2D eigenvalue weighted by atomic mass is 10.0. The number of aromatic nitrogens is 4. The van der Waals surface area contributed by atoms with E-state index in [0.717, 1.165) is 16.8 Å². The number of likely N-dealkylation sites (tertiary alicyclic amines) is 1. The van der Waals surface area contributed by atoms with Crippen molar-refractivity contribution in [1.29, 1.82) is 0 Å². The van der Waals surface area contributed by atoms with Crippen molar-refractivity contribution in [3.63, 3.8) is 0 Å². The highest BCUT2D eigenvalue weighted by molar-refractivity contribution is 5.93. The molecule has 5 rings (SSSR count). The fourth-order valence-corrected chi connectivity index (χ4v) is 3.99. The molecule has 0 atom stereocenters. The molecule has 0 saturated carbocycles. The Kier molecular flexibility index (Phi) is 5.00. The number of fused-ring (bicyclic) bond motifs is 1. The minimum absolute atomic E-state index is 0.0390. The smallest absolute Gasteiger partial charge is 0.274 e. The van der Waals surface area contributed by atoms with Crippen molar-refractivity contribution in [2.24, 2.45) is 0 Å². The van der Waals surface area contributed by atoms with E-state index in [1.807, 2.05) is 54.6 Å². The van der Waals surface area contributed by atoms with Gasteiger partial charge in [-0.05, 0) is 31.0 Å². The Hall–Kier alpha value is -3.87. The summed E-state index contributed by atoms with van der Waals surface area (Å²) < 4.78 is 1.57. The van der Waals surface area contributed by atoms with E-state index in [9.17, 15) is 9.59 Å². The Labute approximate surface area is 179 Å². The second-order valence-electron chi connectivity index (χ2n) is 7.63. The van der Waals surface area contributed by atoms with Gasteiger partial charge in [0.15, 0.2) is 0 Å². The second-order valence-corrected chi connectivity index (χ2v) is 7.63. The SMILES string of the molecule is O=C(c1cnc2ccccc2n1)N1CCC(n2nc(-c3ccccc3)ccc2=O)CC1. The van der Waals surface area contributed by atoms with E-state index in [1.54, 1.807) is 21.7 Å². The van der Waals surface area contributed by atoms with Gasteiger partial charge in [0, 0.05) is 24.7 Å². The zero-order chi connectivity index (χ0) is 21.2. The number of carbonyl (C=O) groups excluding carboxylic acids is 1. The number of para-hydroxylation sites is 2. The second kappa shape index (κ2) is 8.10. The molecule has 31 heavy (non-hydrogen) atoms. The van der Waals surface area contributed by atoms with Gasteiger partial charge in [-0.1, -0.05) is 42.5 Å². The molecule has 1 amide bonds. The first-order valence-electron chi connectivity index (χ1n) is 10.4. The predicted octanol–water partition coefficient (Wildman–Crippen LogP) is 3.33. The minimum Gasteiger partial charge on any atom is -0.337 e. The summed E-state index contributed by atoms with van der Waals surface area (Å²) in [5.41, 5.74) is 3.44. The Morgan fingerprint density at radius 2 is 1.58 bits per heavy atom. The molecule has 1 fully saturated rings. The van der Waals surface area contributed by atoms with Crippen molar-refractivity contribution in [3.8, 4) is 11.3 Å². The summed E-state index contributed by atoms with van der Waals surface area (Å²) in [7, 11) is 0. The molecule has 1 aliphatic rings. The maximum Gasteiger partial charge on any atom is 0.274 e. The quantitative estimate of drug-likeness (QED) is 0.517. The summed E-state index contributed by atoms with van der Waals surface area (Å²) in [4.78, 5) is 36.0. The van der Waals surface area contributed by atoms with Crippen LogP contribution in [-0.2, 0) is 0 Å². The molecule has 4 aromatic rings. The van der Waals surface area contributed by atoms with Crippen LogP contribution in [0.25, 0.3) is 22.3 Å². The number of hydrogen-bond acceptors (Lipinski definition) is 5. The van der Waals surface area contributed by atoms with Gasteiger partial charge >= 0.3 is 0 Å². The molecule has 0 unspecified atom stereocenters. The van der Waals surface area contributed by atoms with E-state index < -0.39 is 0 Å². The summed E-state index contributed by atoms with van der Waals surface area (Å²) in [5.74, 6) is -0.130. The van der Waals surface area contributed by atoms with Crippen LogP contribution in [0.3, 0.4) is 0 Å². The van der Waals surface area contributed by atoms with E-state index in [4.69, 9.17) is 0 Å². The summed E-state index contributed by atoms with van der Waals surface area (Å²) in [5, 5.41) is 4.61. The average molecular weight is 411 g/mol. The summed E-state index contributed by atoms with van der Waals surface area (Å²) in [6.45, 7) is 1.09. The standard InChI is InChI=1S/C24H21N5O2/c30-23-11-10-19(17-6-2-1-3-7-17)27-29(23)18-12-14-28(15-13-18)24(31)22-16-25-20-8-4-5-9-21(20)26-22/h1-11,16,18H,12-15H2. The maximum absolute atomic E-state index is 12.9. The zero-order valence-electron chi connectivity index (χ0n) is 16.9. The first-order chi connectivity index (χ1) is 15.2. The van der Waals surface area contributed by atoms with Crippen molar-refractivity contribution in [2.45, 2.75) is 18.9 Å². The molecule has 7 heteroatoms. The molecule has 1 saturated heterocycles. The van der Waals surface area contributed by atoms with Gasteiger partial charge in [0.25, 0.3) is 11.5 Å². The lowest BCUT2D eigenvalue weighted by Gasteiger charge is -2.32. The number of piperidine rings is 1. The largest absolute Gasteiger partial charge is 0.337 e. The number of nitrogens with zero attached hydrogens (tertiary/aromatic N) is 5. The highest BCUT2D eigenvalue weighted by Gasteiger charge is 2.27. The van der Waals surface area contributed by atoms with Gasteiger partial charge in [0.05, 0.1) is 29.0 Å². The summed E-state index contributed by atoms with van der Waals surface area (Å²) >= 11 is 0. The van der Waals surface area contributed by atoms with Gasteiger partial charge in [-0.15, -0.1) is 0 Å². The minimum atomic E-state index is -0.130. The Balaban J connectivity index is 1.32.